The number of hydrogen-bond acceptors (Lipinski definition) is 0. The van der Waals surface area contributed by atoms with Gasteiger partial charge in [0.1, 0.15) is 0 Å². The van der Waals surface area contributed by atoms with Gasteiger partial charge in [0.05, 0.1) is 0 Å². The Labute approximate surface area is 110 Å². The topological polar surface area (TPSA) is 0 Å². The fourth-order valence-electron chi connectivity index (χ4n) is 0.891. The normalized spacial score (nSPS) is 24.0. The van der Waals surface area contributed by atoms with Crippen LogP contribution in [0.5, 0.6) is 0 Å². The van der Waals surface area contributed by atoms with E-state index < -0.39 is 33.8 Å². The molecule has 18 heavy (non-hydrogen) atoms. The first-order valence-corrected chi connectivity index (χ1v) is 5.43. The van der Waals surface area contributed by atoms with E-state index in [1.54, 1.807) is 0 Å². The molecule has 3 unspecified atom stereocenters. The predicted molar refractivity (Wildman–Crippen MR) is 53.6 cm³/mol. The minimum absolute atomic E-state index is 0.146. The summed E-state index contributed by atoms with van der Waals surface area (Å²) in [6.07, 6.45) is -13.7. The van der Waals surface area contributed by atoms with Crippen LogP contribution < -0.4 is 0 Å². The summed E-state index contributed by atoms with van der Waals surface area (Å²) < 4.78 is 109. The summed E-state index contributed by atoms with van der Waals surface area (Å²) in [5.41, 5.74) is -8.89. The molecule has 0 aliphatic rings. The van der Waals surface area contributed by atoms with Crippen LogP contribution in [0.1, 0.15) is 20.3 Å². The molecule has 3 atom stereocenters. The monoisotopic (exact) mass is 402 g/mol. The number of hydrogen-bond donors (Lipinski definition) is 0. The molecule has 0 aromatic rings. The van der Waals surface area contributed by atoms with Gasteiger partial charge < -0.3 is 0 Å². The van der Waals surface area contributed by atoms with Crippen molar-refractivity contribution in [3.63, 3.8) is 0 Å². The smallest absolute Gasteiger partial charge is 0.234 e. The van der Waals surface area contributed by atoms with Crippen LogP contribution in [0, 0.1) is 0 Å². The first-order valence-electron chi connectivity index (χ1n) is 4.35. The fraction of sp³-hybridized carbons (Fsp3) is 1.00. The molecule has 0 fully saturated rings. The summed E-state index contributed by atoms with van der Waals surface area (Å²) in [4.78, 5) is 0. The molecule has 0 nitrogen and oxygen atoms in total. The van der Waals surface area contributed by atoms with E-state index >= 15 is 0 Å². The highest BCUT2D eigenvalue weighted by Crippen LogP contribution is 2.53. The Kier molecular flexibility index (Phi) is 4.61. The Morgan fingerprint density at radius 2 is 1.06 bits per heavy atom. The standard InChI is InChI=1S/C8H8F9I/c1-4(9,7(12,13)14)3-6(11,18)5(2,10)8(15,16)17/h3H2,1-2H3. The van der Waals surface area contributed by atoms with Gasteiger partial charge >= 0.3 is 12.4 Å². The van der Waals surface area contributed by atoms with Crippen molar-refractivity contribution in [1.82, 2.24) is 0 Å². The lowest BCUT2D eigenvalue weighted by atomic mass is 9.91. The average molecular weight is 402 g/mol. The van der Waals surface area contributed by atoms with Gasteiger partial charge in [-0.15, -0.1) is 0 Å². The fourth-order valence-corrected chi connectivity index (χ4v) is 1.91. The summed E-state index contributed by atoms with van der Waals surface area (Å²) in [6.45, 7) is -0.418. The SMILES string of the molecule is CC(F)(CC(F)(I)C(C)(F)C(F)(F)F)C(F)(F)F. The van der Waals surface area contributed by atoms with E-state index in [0.29, 0.717) is 0 Å². The average Bonchev–Trinajstić information content (AvgIpc) is 1.96. The van der Waals surface area contributed by atoms with E-state index in [2.05, 4.69) is 0 Å². The Balaban J connectivity index is 5.33. The van der Waals surface area contributed by atoms with Crippen molar-refractivity contribution in [2.45, 2.75) is 47.6 Å². The van der Waals surface area contributed by atoms with E-state index in [1.807, 2.05) is 0 Å². The molecule has 0 aliphatic heterocycles. The van der Waals surface area contributed by atoms with E-state index in [4.69, 9.17) is 0 Å². The van der Waals surface area contributed by atoms with Crippen molar-refractivity contribution in [2.75, 3.05) is 0 Å². The third kappa shape index (κ3) is 3.35. The van der Waals surface area contributed by atoms with Gasteiger partial charge in [0, 0.05) is 6.42 Å². The van der Waals surface area contributed by atoms with Crippen molar-refractivity contribution < 1.29 is 39.5 Å². The van der Waals surface area contributed by atoms with E-state index in [-0.39, 0.29) is 36.4 Å². The molecule has 0 rings (SSSR count). The van der Waals surface area contributed by atoms with Crippen LogP contribution in [0.3, 0.4) is 0 Å². The number of alkyl halides is 10. The summed E-state index contributed by atoms with van der Waals surface area (Å²) in [6, 6.07) is 0. The van der Waals surface area contributed by atoms with Gasteiger partial charge in [-0.25, -0.2) is 13.2 Å². The third-order valence-corrected chi connectivity index (χ3v) is 3.76. The molecule has 0 heterocycles. The molecule has 10 heteroatoms. The molecule has 0 amide bonds. The second-order valence-electron chi connectivity index (χ2n) is 4.08. The summed E-state index contributed by atoms with van der Waals surface area (Å²) >= 11 is 0.207. The van der Waals surface area contributed by atoms with Crippen molar-refractivity contribution >= 4 is 22.6 Å². The maximum absolute atomic E-state index is 13.5. The van der Waals surface area contributed by atoms with E-state index in [0.717, 1.165) is 0 Å². The Bertz CT molecular complexity index is 299. The molecule has 0 aromatic carbocycles. The highest BCUT2D eigenvalue weighted by Gasteiger charge is 2.69. The largest absolute Gasteiger partial charge is 0.426 e. The van der Waals surface area contributed by atoms with Crippen molar-refractivity contribution in [3.8, 4) is 0 Å². The molecule has 0 spiro atoms. The molecule has 0 saturated heterocycles. The zero-order valence-corrected chi connectivity index (χ0v) is 11.1. The van der Waals surface area contributed by atoms with Crippen LogP contribution in [0.25, 0.3) is 0 Å². The molecule has 0 radical (unpaired) electrons. The lowest BCUT2D eigenvalue weighted by Crippen LogP contribution is -2.56. The second-order valence-corrected chi connectivity index (χ2v) is 5.79. The van der Waals surface area contributed by atoms with Crippen LogP contribution in [-0.4, -0.2) is 27.4 Å². The molecule has 110 valence electrons. The first-order chi connectivity index (χ1) is 7.46. The van der Waals surface area contributed by atoms with E-state index in [9.17, 15) is 39.5 Å². The summed E-state index contributed by atoms with van der Waals surface area (Å²) in [7, 11) is 0. The van der Waals surface area contributed by atoms with Crippen molar-refractivity contribution in [3.05, 3.63) is 0 Å². The summed E-state index contributed by atoms with van der Waals surface area (Å²) in [5.74, 6) is 0. The second kappa shape index (κ2) is 4.58. The zero-order chi connectivity index (χ0) is 15.2. The minimum Gasteiger partial charge on any atom is -0.234 e. The first kappa shape index (κ1) is 18.1. The molecule has 0 N–H and O–H groups in total. The molecular weight excluding hydrogens is 394 g/mol. The minimum atomic E-state index is -5.76. The van der Waals surface area contributed by atoms with Gasteiger partial charge in [-0.05, 0) is 36.4 Å². The highest BCUT2D eigenvalue weighted by atomic mass is 127. The molecule has 0 bridgehead atoms. The maximum atomic E-state index is 13.5. The van der Waals surface area contributed by atoms with Crippen LogP contribution >= 0.6 is 22.6 Å². The Morgan fingerprint density at radius 3 is 1.28 bits per heavy atom. The van der Waals surface area contributed by atoms with Gasteiger partial charge in [0.25, 0.3) is 0 Å². The summed E-state index contributed by atoms with van der Waals surface area (Å²) in [5, 5.41) is 0. The predicted octanol–water partition coefficient (Wildman–Crippen LogP) is 5.06. The Hall–Kier alpha value is 0.100. The maximum Gasteiger partial charge on any atom is 0.426 e. The van der Waals surface area contributed by atoms with Crippen molar-refractivity contribution in [2.24, 2.45) is 0 Å². The molecule has 0 aliphatic carbocycles. The Morgan fingerprint density at radius 1 is 0.722 bits per heavy atom. The van der Waals surface area contributed by atoms with Crippen LogP contribution in [0.2, 0.25) is 0 Å². The molecule has 0 saturated carbocycles. The quantitative estimate of drug-likeness (QED) is 0.352. The van der Waals surface area contributed by atoms with Crippen LogP contribution in [-0.2, 0) is 0 Å². The van der Waals surface area contributed by atoms with Crippen molar-refractivity contribution in [1.29, 1.82) is 0 Å². The van der Waals surface area contributed by atoms with Crippen LogP contribution in [0.15, 0.2) is 0 Å². The lowest BCUT2D eigenvalue weighted by Gasteiger charge is -2.37. The van der Waals surface area contributed by atoms with Gasteiger partial charge in [-0.2, -0.15) is 26.3 Å². The van der Waals surface area contributed by atoms with Gasteiger partial charge in [0.2, 0.25) is 15.0 Å². The zero-order valence-electron chi connectivity index (χ0n) is 8.99. The van der Waals surface area contributed by atoms with Gasteiger partial charge in [0.15, 0.2) is 0 Å². The van der Waals surface area contributed by atoms with Gasteiger partial charge in [-0.1, -0.05) is 0 Å². The number of rotatable bonds is 3. The highest BCUT2D eigenvalue weighted by molar-refractivity contribution is 14.1. The third-order valence-electron chi connectivity index (χ3n) is 2.36. The number of halogens is 10. The lowest BCUT2D eigenvalue weighted by molar-refractivity contribution is -0.267. The molecule has 0 aromatic heterocycles. The van der Waals surface area contributed by atoms with E-state index in [1.165, 1.54) is 0 Å². The van der Waals surface area contributed by atoms with Gasteiger partial charge in [-0.3, -0.25) is 0 Å². The van der Waals surface area contributed by atoms with Crippen LogP contribution in [0.4, 0.5) is 39.5 Å². The molecular formula is C8H8F9I.